The molecule has 1 heterocycles. The molecule has 2 N–H and O–H groups in total. The van der Waals surface area contributed by atoms with Gasteiger partial charge in [-0.3, -0.25) is 9.78 Å². The van der Waals surface area contributed by atoms with Crippen LogP contribution in [0.2, 0.25) is 0 Å². The molecule has 3 rings (SSSR count). The van der Waals surface area contributed by atoms with Gasteiger partial charge < -0.3 is 10.4 Å². The molecule has 0 radical (unpaired) electrons. The van der Waals surface area contributed by atoms with E-state index in [4.69, 9.17) is 0 Å². The monoisotopic (exact) mass is 364 g/mol. The van der Waals surface area contributed by atoms with Gasteiger partial charge in [-0.05, 0) is 42.5 Å². The van der Waals surface area contributed by atoms with Crippen LogP contribution in [-0.4, -0.2) is 22.1 Å². The van der Waals surface area contributed by atoms with E-state index in [1.807, 2.05) is 6.07 Å². The highest BCUT2D eigenvalue weighted by atomic mass is 19.4. The van der Waals surface area contributed by atoms with E-state index in [-0.39, 0.29) is 30.4 Å². The van der Waals surface area contributed by atoms with Crippen LogP contribution in [0.25, 0.3) is 0 Å². The maximum atomic E-state index is 12.8. The van der Waals surface area contributed by atoms with Gasteiger partial charge >= 0.3 is 6.18 Å². The first-order chi connectivity index (χ1) is 12.3. The fourth-order valence-corrected chi connectivity index (χ4v) is 3.16. The third-order valence-corrected chi connectivity index (χ3v) is 4.56. The molecule has 0 saturated heterocycles. The average molecular weight is 364 g/mol. The highest BCUT2D eigenvalue weighted by Crippen LogP contribution is 2.37. The minimum absolute atomic E-state index is 0.0605. The molecule has 1 atom stereocenters. The maximum absolute atomic E-state index is 12.8. The van der Waals surface area contributed by atoms with Gasteiger partial charge in [0.25, 0.3) is 0 Å². The standard InChI is InChI=1S/C19H19F3N2O2/c20-19(21,22)14-5-3-4-12(8-14)9-17(26)24-18(13-10-15(25)11-13)16-6-1-2-7-23-16/h1-8,13,15,18,25H,9-11H2,(H,24,26)/t13?,15?,18-/m0/s1. The Kier molecular flexibility index (Phi) is 5.27. The minimum Gasteiger partial charge on any atom is -0.393 e. The lowest BCUT2D eigenvalue weighted by atomic mass is 9.76. The second-order valence-corrected chi connectivity index (χ2v) is 6.56. The second-order valence-electron chi connectivity index (χ2n) is 6.56. The van der Waals surface area contributed by atoms with E-state index >= 15 is 0 Å². The Morgan fingerprint density at radius 1 is 1.23 bits per heavy atom. The molecule has 1 fully saturated rings. The van der Waals surface area contributed by atoms with E-state index in [0.29, 0.717) is 24.1 Å². The van der Waals surface area contributed by atoms with Crippen molar-refractivity contribution in [2.45, 2.75) is 37.6 Å². The van der Waals surface area contributed by atoms with Crippen LogP contribution in [0.1, 0.15) is 35.7 Å². The molecule has 4 nitrogen and oxygen atoms in total. The van der Waals surface area contributed by atoms with Crippen molar-refractivity contribution in [1.29, 1.82) is 0 Å². The predicted octanol–water partition coefficient (Wildman–Crippen LogP) is 3.27. The van der Waals surface area contributed by atoms with Crippen molar-refractivity contribution in [3.63, 3.8) is 0 Å². The van der Waals surface area contributed by atoms with Gasteiger partial charge in [-0.15, -0.1) is 0 Å². The summed E-state index contributed by atoms with van der Waals surface area (Å²) in [5.41, 5.74) is 0.207. The molecule has 0 bridgehead atoms. The molecule has 7 heteroatoms. The Morgan fingerprint density at radius 3 is 2.62 bits per heavy atom. The lowest BCUT2D eigenvalue weighted by Crippen LogP contribution is -2.42. The normalized spacial score (nSPS) is 20.9. The number of rotatable bonds is 5. The number of aliphatic hydroxyl groups excluding tert-OH is 1. The second kappa shape index (κ2) is 7.45. The highest BCUT2D eigenvalue weighted by molar-refractivity contribution is 5.79. The summed E-state index contributed by atoms with van der Waals surface area (Å²) in [4.78, 5) is 16.7. The molecule has 1 aliphatic rings. The average Bonchev–Trinajstić information content (AvgIpc) is 2.57. The van der Waals surface area contributed by atoms with Crippen LogP contribution in [0.5, 0.6) is 0 Å². The number of halogens is 3. The van der Waals surface area contributed by atoms with Crippen molar-refractivity contribution in [1.82, 2.24) is 10.3 Å². The van der Waals surface area contributed by atoms with Crippen molar-refractivity contribution < 1.29 is 23.1 Å². The molecule has 1 aliphatic carbocycles. The number of alkyl halides is 3. The number of nitrogens with zero attached hydrogens (tertiary/aromatic N) is 1. The smallest absolute Gasteiger partial charge is 0.393 e. The molecule has 0 spiro atoms. The number of aromatic nitrogens is 1. The number of benzene rings is 1. The SMILES string of the molecule is O=C(Cc1cccc(C(F)(F)F)c1)N[C@H](c1ccccn1)C1CC(O)C1. The number of carbonyl (C=O) groups is 1. The molecule has 0 unspecified atom stereocenters. The zero-order valence-electron chi connectivity index (χ0n) is 13.9. The van der Waals surface area contributed by atoms with Crippen LogP contribution in [0.15, 0.2) is 48.7 Å². The molecule has 26 heavy (non-hydrogen) atoms. The van der Waals surface area contributed by atoms with Crippen molar-refractivity contribution >= 4 is 5.91 Å². The van der Waals surface area contributed by atoms with E-state index in [0.717, 1.165) is 12.1 Å². The van der Waals surface area contributed by atoms with Crippen molar-refractivity contribution in [3.05, 3.63) is 65.5 Å². The lowest BCUT2D eigenvalue weighted by Gasteiger charge is -2.37. The molecule has 138 valence electrons. The third-order valence-electron chi connectivity index (χ3n) is 4.56. The number of aliphatic hydroxyl groups is 1. The van der Waals surface area contributed by atoms with Crippen LogP contribution in [0.3, 0.4) is 0 Å². The maximum Gasteiger partial charge on any atom is 0.416 e. The van der Waals surface area contributed by atoms with Gasteiger partial charge in [-0.1, -0.05) is 24.3 Å². The summed E-state index contributed by atoms with van der Waals surface area (Å²) in [5, 5.41) is 12.4. The Bertz CT molecular complexity index is 759. The van der Waals surface area contributed by atoms with Gasteiger partial charge in [0, 0.05) is 6.20 Å². The summed E-state index contributed by atoms with van der Waals surface area (Å²) >= 11 is 0. The number of carbonyl (C=O) groups excluding carboxylic acids is 1. The van der Waals surface area contributed by atoms with Gasteiger partial charge in [-0.25, -0.2) is 0 Å². The molecule has 1 saturated carbocycles. The van der Waals surface area contributed by atoms with Crippen molar-refractivity contribution in [3.8, 4) is 0 Å². The summed E-state index contributed by atoms with van der Waals surface area (Å²) in [5.74, 6) is -0.313. The fourth-order valence-electron chi connectivity index (χ4n) is 3.16. The van der Waals surface area contributed by atoms with Crippen LogP contribution >= 0.6 is 0 Å². The van der Waals surface area contributed by atoms with Gasteiger partial charge in [-0.2, -0.15) is 13.2 Å². The highest BCUT2D eigenvalue weighted by Gasteiger charge is 2.36. The van der Waals surface area contributed by atoms with Crippen LogP contribution in [0, 0.1) is 5.92 Å². The first-order valence-electron chi connectivity index (χ1n) is 8.37. The molecule has 1 amide bonds. The summed E-state index contributed by atoms with van der Waals surface area (Å²) < 4.78 is 38.4. The predicted molar refractivity (Wildman–Crippen MR) is 89.0 cm³/mol. The summed E-state index contributed by atoms with van der Waals surface area (Å²) in [6.07, 6.45) is -2.23. The molecule has 1 aromatic carbocycles. The molecular weight excluding hydrogens is 345 g/mol. The minimum atomic E-state index is -4.44. The molecule has 0 aliphatic heterocycles. The summed E-state index contributed by atoms with van der Waals surface area (Å²) in [7, 11) is 0. The number of amides is 1. The van der Waals surface area contributed by atoms with Gasteiger partial charge in [0.05, 0.1) is 29.8 Å². The van der Waals surface area contributed by atoms with Gasteiger partial charge in [0.2, 0.25) is 5.91 Å². The number of hydrogen-bond donors (Lipinski definition) is 2. The Labute approximate surface area is 149 Å². The first-order valence-corrected chi connectivity index (χ1v) is 8.37. The Hall–Kier alpha value is -2.41. The largest absolute Gasteiger partial charge is 0.416 e. The molecule has 2 aromatic rings. The third kappa shape index (κ3) is 4.40. The Morgan fingerprint density at radius 2 is 2.00 bits per heavy atom. The van der Waals surface area contributed by atoms with E-state index in [9.17, 15) is 23.1 Å². The zero-order valence-corrected chi connectivity index (χ0v) is 13.9. The van der Waals surface area contributed by atoms with E-state index in [2.05, 4.69) is 10.3 Å². The Balaban J connectivity index is 1.70. The number of hydrogen-bond acceptors (Lipinski definition) is 3. The van der Waals surface area contributed by atoms with E-state index in [1.54, 1.807) is 18.3 Å². The van der Waals surface area contributed by atoms with Crippen LogP contribution in [-0.2, 0) is 17.4 Å². The number of nitrogens with one attached hydrogen (secondary N) is 1. The van der Waals surface area contributed by atoms with E-state index in [1.165, 1.54) is 12.1 Å². The van der Waals surface area contributed by atoms with Gasteiger partial charge in [0.1, 0.15) is 0 Å². The van der Waals surface area contributed by atoms with Crippen molar-refractivity contribution in [2.75, 3.05) is 0 Å². The fraction of sp³-hybridized carbons (Fsp3) is 0.368. The lowest BCUT2D eigenvalue weighted by molar-refractivity contribution is -0.137. The van der Waals surface area contributed by atoms with E-state index < -0.39 is 11.7 Å². The number of pyridine rings is 1. The zero-order chi connectivity index (χ0) is 18.7. The van der Waals surface area contributed by atoms with Crippen molar-refractivity contribution in [2.24, 2.45) is 5.92 Å². The quantitative estimate of drug-likeness (QED) is 0.856. The van der Waals surface area contributed by atoms with Crippen LogP contribution in [0.4, 0.5) is 13.2 Å². The molecular formula is C19H19F3N2O2. The molecule has 1 aromatic heterocycles. The summed E-state index contributed by atoms with van der Waals surface area (Å²) in [6, 6.07) is 9.76. The first kappa shape index (κ1) is 18.4. The summed E-state index contributed by atoms with van der Waals surface area (Å²) in [6.45, 7) is 0. The van der Waals surface area contributed by atoms with Gasteiger partial charge in [0.15, 0.2) is 0 Å². The topological polar surface area (TPSA) is 62.2 Å². The van der Waals surface area contributed by atoms with Crippen LogP contribution < -0.4 is 5.32 Å².